The topological polar surface area (TPSA) is 71.8 Å². The summed E-state index contributed by atoms with van der Waals surface area (Å²) in [5.74, 6) is -1.12. The molecule has 6 nitrogen and oxygen atoms in total. The van der Waals surface area contributed by atoms with Crippen molar-refractivity contribution in [3.8, 4) is 10.6 Å². The van der Waals surface area contributed by atoms with Gasteiger partial charge in [-0.1, -0.05) is 11.3 Å². The molecule has 0 bridgehead atoms. The summed E-state index contributed by atoms with van der Waals surface area (Å²) in [7, 11) is 0. The average molecular weight is 274 g/mol. The van der Waals surface area contributed by atoms with Crippen molar-refractivity contribution >= 4 is 16.3 Å². The summed E-state index contributed by atoms with van der Waals surface area (Å²) in [6, 6.07) is 0. The summed E-state index contributed by atoms with van der Waals surface area (Å²) in [4.78, 5) is 0.0953. The van der Waals surface area contributed by atoms with E-state index in [1.165, 1.54) is 6.20 Å². The van der Waals surface area contributed by atoms with Crippen molar-refractivity contribution in [2.45, 2.75) is 13.1 Å². The van der Waals surface area contributed by atoms with Crippen molar-refractivity contribution in [1.82, 2.24) is 30.0 Å². The second-order valence-electron chi connectivity index (χ2n) is 3.53. The van der Waals surface area contributed by atoms with Gasteiger partial charge >= 0.3 is 6.18 Å². The van der Waals surface area contributed by atoms with Gasteiger partial charge in [-0.05, 0) is 6.92 Å². The van der Waals surface area contributed by atoms with Gasteiger partial charge in [-0.15, -0.1) is 10.2 Å². The van der Waals surface area contributed by atoms with Gasteiger partial charge in [-0.3, -0.25) is 5.10 Å². The predicted molar refractivity (Wildman–Crippen MR) is 56.0 cm³/mol. The van der Waals surface area contributed by atoms with Crippen molar-refractivity contribution in [2.75, 3.05) is 0 Å². The molecule has 0 unspecified atom stereocenters. The first-order valence-electron chi connectivity index (χ1n) is 4.76. The second kappa shape index (κ2) is 3.51. The van der Waals surface area contributed by atoms with E-state index in [9.17, 15) is 13.2 Å². The molecule has 0 spiro atoms. The monoisotopic (exact) mass is 274 g/mol. The molecule has 0 aromatic carbocycles. The summed E-state index contributed by atoms with van der Waals surface area (Å²) in [6.07, 6.45) is -3.06. The van der Waals surface area contributed by atoms with Gasteiger partial charge < -0.3 is 0 Å². The molecule has 10 heteroatoms. The molecule has 0 aliphatic rings. The van der Waals surface area contributed by atoms with Gasteiger partial charge in [-0.25, -0.2) is 0 Å². The molecule has 0 amide bonds. The Kier molecular flexibility index (Phi) is 2.17. The Morgan fingerprint density at radius 2 is 2.11 bits per heavy atom. The highest BCUT2D eigenvalue weighted by Gasteiger charge is 2.38. The zero-order chi connectivity index (χ0) is 12.9. The minimum absolute atomic E-state index is 0.0953. The van der Waals surface area contributed by atoms with Crippen LogP contribution >= 0.6 is 11.3 Å². The highest BCUT2D eigenvalue weighted by Crippen LogP contribution is 2.32. The van der Waals surface area contributed by atoms with Crippen LogP contribution in [0.5, 0.6) is 0 Å². The molecule has 0 radical (unpaired) electrons. The fraction of sp³-hybridized carbons (Fsp3) is 0.250. The van der Waals surface area contributed by atoms with Crippen LogP contribution in [-0.2, 0) is 6.18 Å². The van der Waals surface area contributed by atoms with Gasteiger partial charge in [0, 0.05) is 5.69 Å². The van der Waals surface area contributed by atoms with Gasteiger partial charge in [0.1, 0.15) is 0 Å². The maximum Gasteiger partial charge on any atom is 0.453 e. The van der Waals surface area contributed by atoms with Crippen LogP contribution in [0.2, 0.25) is 0 Å². The molecule has 0 atom stereocenters. The number of alkyl halides is 3. The van der Waals surface area contributed by atoms with Crippen LogP contribution in [0.1, 0.15) is 11.5 Å². The smallest absolute Gasteiger partial charge is 0.282 e. The molecule has 0 saturated carbocycles. The number of hydrogen-bond acceptors (Lipinski definition) is 5. The SMILES string of the molecule is Cc1[nH]ncc1-c1nn2c(C(F)(F)F)nnc2s1. The second-order valence-corrected chi connectivity index (χ2v) is 4.49. The van der Waals surface area contributed by atoms with Crippen LogP contribution in [0.4, 0.5) is 13.2 Å². The van der Waals surface area contributed by atoms with E-state index in [-0.39, 0.29) is 4.96 Å². The molecule has 18 heavy (non-hydrogen) atoms. The highest BCUT2D eigenvalue weighted by atomic mass is 32.1. The Bertz CT molecular complexity index is 708. The number of rotatable bonds is 1. The Morgan fingerprint density at radius 3 is 2.72 bits per heavy atom. The minimum atomic E-state index is -4.57. The van der Waals surface area contributed by atoms with Crippen molar-refractivity contribution in [3.05, 3.63) is 17.7 Å². The Hall–Kier alpha value is -1.97. The molecular formula is C8H5F3N6S. The van der Waals surface area contributed by atoms with Crippen molar-refractivity contribution in [1.29, 1.82) is 0 Å². The quantitative estimate of drug-likeness (QED) is 0.735. The first-order valence-corrected chi connectivity index (χ1v) is 5.58. The maximum absolute atomic E-state index is 12.6. The third kappa shape index (κ3) is 1.56. The fourth-order valence-corrected chi connectivity index (χ4v) is 2.38. The van der Waals surface area contributed by atoms with E-state index in [0.29, 0.717) is 15.1 Å². The number of aryl methyl sites for hydroxylation is 1. The van der Waals surface area contributed by atoms with Crippen LogP contribution in [-0.4, -0.2) is 30.0 Å². The summed E-state index contributed by atoms with van der Waals surface area (Å²) in [5, 5.41) is 17.3. The van der Waals surface area contributed by atoms with Gasteiger partial charge in [-0.2, -0.15) is 27.9 Å². The van der Waals surface area contributed by atoms with Crippen LogP contribution < -0.4 is 0 Å². The predicted octanol–water partition coefficient (Wildman–Crippen LogP) is 1.90. The molecule has 0 saturated heterocycles. The minimum Gasteiger partial charge on any atom is -0.282 e. The Morgan fingerprint density at radius 1 is 1.33 bits per heavy atom. The van der Waals surface area contributed by atoms with Gasteiger partial charge in [0.15, 0.2) is 5.01 Å². The van der Waals surface area contributed by atoms with Crippen molar-refractivity contribution in [3.63, 3.8) is 0 Å². The van der Waals surface area contributed by atoms with Crippen LogP contribution in [0, 0.1) is 6.92 Å². The van der Waals surface area contributed by atoms with Crippen LogP contribution in [0.25, 0.3) is 15.5 Å². The molecule has 3 rings (SSSR count). The number of halogens is 3. The molecule has 94 valence electrons. The van der Waals surface area contributed by atoms with Crippen molar-refractivity contribution in [2.24, 2.45) is 0 Å². The lowest BCUT2D eigenvalue weighted by Gasteiger charge is -2.00. The third-order valence-electron chi connectivity index (χ3n) is 2.30. The molecule has 0 fully saturated rings. The first-order chi connectivity index (χ1) is 8.47. The Balaban J connectivity index is 2.19. The fourth-order valence-electron chi connectivity index (χ4n) is 1.47. The first kappa shape index (κ1) is 11.1. The van der Waals surface area contributed by atoms with E-state index < -0.39 is 12.0 Å². The summed E-state index contributed by atoms with van der Waals surface area (Å²) >= 11 is 1.02. The number of aromatic amines is 1. The number of fused-ring (bicyclic) bond motifs is 1. The number of aromatic nitrogens is 6. The lowest BCUT2D eigenvalue weighted by molar-refractivity contribution is -0.146. The molecule has 3 heterocycles. The molecule has 3 aromatic heterocycles. The summed E-state index contributed by atoms with van der Waals surface area (Å²) in [6.45, 7) is 1.76. The number of nitrogens with zero attached hydrogens (tertiary/aromatic N) is 5. The largest absolute Gasteiger partial charge is 0.453 e. The van der Waals surface area contributed by atoms with Gasteiger partial charge in [0.25, 0.3) is 5.82 Å². The lowest BCUT2D eigenvalue weighted by Crippen LogP contribution is -2.11. The molecule has 0 aliphatic carbocycles. The molecular weight excluding hydrogens is 269 g/mol. The normalized spacial score (nSPS) is 12.4. The van der Waals surface area contributed by atoms with E-state index in [4.69, 9.17) is 0 Å². The third-order valence-corrected chi connectivity index (χ3v) is 3.24. The zero-order valence-electron chi connectivity index (χ0n) is 8.86. The Labute approximate surface area is 101 Å². The summed E-state index contributed by atoms with van der Waals surface area (Å²) in [5.41, 5.74) is 1.38. The number of H-pyrrole nitrogens is 1. The maximum atomic E-state index is 12.6. The van der Waals surface area contributed by atoms with Crippen LogP contribution in [0.15, 0.2) is 6.20 Å². The molecule has 1 N–H and O–H groups in total. The van der Waals surface area contributed by atoms with E-state index in [1.54, 1.807) is 6.92 Å². The van der Waals surface area contributed by atoms with E-state index in [0.717, 1.165) is 17.0 Å². The zero-order valence-corrected chi connectivity index (χ0v) is 9.67. The van der Waals surface area contributed by atoms with Gasteiger partial charge in [0.05, 0.1) is 11.8 Å². The van der Waals surface area contributed by atoms with E-state index in [1.807, 2.05) is 0 Å². The number of hydrogen-bond donors (Lipinski definition) is 1. The van der Waals surface area contributed by atoms with E-state index in [2.05, 4.69) is 25.5 Å². The lowest BCUT2D eigenvalue weighted by atomic mass is 10.3. The van der Waals surface area contributed by atoms with Crippen LogP contribution in [0.3, 0.4) is 0 Å². The van der Waals surface area contributed by atoms with Gasteiger partial charge in [0.2, 0.25) is 4.96 Å². The van der Waals surface area contributed by atoms with E-state index >= 15 is 0 Å². The summed E-state index contributed by atoms with van der Waals surface area (Å²) < 4.78 is 38.5. The highest BCUT2D eigenvalue weighted by molar-refractivity contribution is 7.19. The standard InChI is InChI=1S/C8H5F3N6S/c1-3-4(2-12-13-3)5-16-17-6(8(9,10)11)14-15-7(17)18-5/h2H,1H3,(H,12,13). The number of nitrogens with one attached hydrogen (secondary N) is 1. The molecule has 3 aromatic rings. The molecule has 0 aliphatic heterocycles. The average Bonchev–Trinajstić information content (AvgIpc) is 2.87. The van der Waals surface area contributed by atoms with Crippen molar-refractivity contribution < 1.29 is 13.2 Å².